The maximum Gasteiger partial charge on any atom is 0.406 e. The monoisotopic (exact) mass is 282 g/mol. The number of rotatable bonds is 4. The molecule has 1 heterocycles. The molecule has 2 atom stereocenters. The second kappa shape index (κ2) is 6.23. The summed E-state index contributed by atoms with van der Waals surface area (Å²) in [5.74, 6) is -2.03. The highest BCUT2D eigenvalue weighted by Gasteiger charge is 2.37. The van der Waals surface area contributed by atoms with Crippen LogP contribution in [0.5, 0.6) is 0 Å². The lowest BCUT2D eigenvalue weighted by Crippen LogP contribution is -2.53. The molecule has 0 radical (unpaired) electrons. The Morgan fingerprint density at radius 2 is 2.05 bits per heavy atom. The Morgan fingerprint density at radius 3 is 2.53 bits per heavy atom. The van der Waals surface area contributed by atoms with Gasteiger partial charge >= 0.3 is 12.1 Å². The number of alkyl halides is 3. The Bertz CT molecular complexity index is 347. The van der Waals surface area contributed by atoms with Crippen LogP contribution >= 0.6 is 0 Å². The number of halogens is 3. The normalized spacial score (nSPS) is 24.0. The first-order valence-electron chi connectivity index (χ1n) is 5.99. The number of carbonyl (C=O) groups excluding carboxylic acids is 1. The molecular weight excluding hydrogens is 265 g/mol. The predicted octanol–water partition coefficient (Wildman–Crippen LogP) is 0.850. The smallest absolute Gasteiger partial charge is 0.406 e. The number of aliphatic carboxylic acids is 1. The summed E-state index contributed by atoms with van der Waals surface area (Å²) in [5.41, 5.74) is 0. The van der Waals surface area contributed by atoms with Crippen molar-refractivity contribution in [1.82, 2.24) is 10.2 Å². The second-order valence-electron chi connectivity index (χ2n) is 4.84. The number of nitrogens with one attached hydrogen (secondary N) is 1. The van der Waals surface area contributed by atoms with Gasteiger partial charge in [-0.3, -0.25) is 9.59 Å². The Morgan fingerprint density at radius 1 is 1.42 bits per heavy atom. The summed E-state index contributed by atoms with van der Waals surface area (Å²) in [6, 6.07) is -0.731. The van der Waals surface area contributed by atoms with Crippen molar-refractivity contribution in [3.05, 3.63) is 0 Å². The quantitative estimate of drug-likeness (QED) is 0.802. The number of carboxylic acid groups (broad SMARTS) is 1. The van der Waals surface area contributed by atoms with E-state index in [0.717, 1.165) is 6.42 Å². The Kier molecular flexibility index (Phi) is 5.16. The highest BCUT2D eigenvalue weighted by Crippen LogP contribution is 2.20. The zero-order valence-corrected chi connectivity index (χ0v) is 10.5. The standard InChI is InChI=1S/C11H17F3N2O3/c1-7-2-3-15-8(4-7)10(19)16(5-9(17)18)6-11(12,13)14/h7-8,15H,2-6H2,1H3,(H,17,18). The number of hydrogen-bond donors (Lipinski definition) is 2. The summed E-state index contributed by atoms with van der Waals surface area (Å²) >= 11 is 0. The number of carbonyl (C=O) groups is 2. The predicted molar refractivity (Wildman–Crippen MR) is 60.5 cm³/mol. The first-order valence-corrected chi connectivity index (χ1v) is 5.99. The maximum absolute atomic E-state index is 12.4. The van der Waals surface area contributed by atoms with E-state index < -0.39 is 37.2 Å². The van der Waals surface area contributed by atoms with Gasteiger partial charge in [-0.2, -0.15) is 13.2 Å². The van der Waals surface area contributed by atoms with E-state index >= 15 is 0 Å². The lowest BCUT2D eigenvalue weighted by atomic mass is 9.93. The van der Waals surface area contributed by atoms with Crippen LogP contribution in [0.15, 0.2) is 0 Å². The SMILES string of the molecule is CC1CCNC(C(=O)N(CC(=O)O)CC(F)(F)F)C1. The fourth-order valence-electron chi connectivity index (χ4n) is 2.11. The van der Waals surface area contributed by atoms with Crippen LogP contribution in [0.3, 0.4) is 0 Å². The zero-order valence-electron chi connectivity index (χ0n) is 10.5. The van der Waals surface area contributed by atoms with E-state index in [0.29, 0.717) is 17.9 Å². The van der Waals surface area contributed by atoms with Crippen LogP contribution in [-0.4, -0.2) is 53.7 Å². The van der Waals surface area contributed by atoms with E-state index in [2.05, 4.69) is 5.32 Å². The highest BCUT2D eigenvalue weighted by atomic mass is 19.4. The van der Waals surface area contributed by atoms with Crippen molar-refractivity contribution in [1.29, 1.82) is 0 Å². The minimum Gasteiger partial charge on any atom is -0.480 e. The molecule has 1 saturated heterocycles. The van der Waals surface area contributed by atoms with Crippen molar-refractivity contribution in [2.45, 2.75) is 32.0 Å². The van der Waals surface area contributed by atoms with Gasteiger partial charge in [-0.05, 0) is 25.3 Å². The molecule has 2 unspecified atom stereocenters. The van der Waals surface area contributed by atoms with Gasteiger partial charge < -0.3 is 15.3 Å². The maximum atomic E-state index is 12.4. The van der Waals surface area contributed by atoms with Crippen molar-refractivity contribution in [3.8, 4) is 0 Å². The van der Waals surface area contributed by atoms with Gasteiger partial charge in [0.25, 0.3) is 0 Å². The highest BCUT2D eigenvalue weighted by molar-refractivity contribution is 5.85. The minimum atomic E-state index is -4.61. The van der Waals surface area contributed by atoms with Gasteiger partial charge in [-0.1, -0.05) is 6.92 Å². The van der Waals surface area contributed by atoms with E-state index in [9.17, 15) is 22.8 Å². The fraction of sp³-hybridized carbons (Fsp3) is 0.818. The van der Waals surface area contributed by atoms with E-state index in [1.54, 1.807) is 0 Å². The number of hydrogen-bond acceptors (Lipinski definition) is 3. The van der Waals surface area contributed by atoms with Crippen LogP contribution in [0.25, 0.3) is 0 Å². The van der Waals surface area contributed by atoms with E-state index in [1.807, 2.05) is 6.92 Å². The van der Waals surface area contributed by atoms with E-state index in [-0.39, 0.29) is 5.92 Å². The van der Waals surface area contributed by atoms with Gasteiger partial charge in [0.05, 0.1) is 6.04 Å². The molecule has 0 aliphatic carbocycles. The topological polar surface area (TPSA) is 69.6 Å². The number of nitrogens with zero attached hydrogens (tertiary/aromatic N) is 1. The van der Waals surface area contributed by atoms with Crippen molar-refractivity contribution in [2.24, 2.45) is 5.92 Å². The van der Waals surface area contributed by atoms with Crippen molar-refractivity contribution in [3.63, 3.8) is 0 Å². The summed E-state index contributed by atoms with van der Waals surface area (Å²) < 4.78 is 37.1. The van der Waals surface area contributed by atoms with E-state index in [4.69, 9.17) is 5.11 Å². The number of piperidine rings is 1. The van der Waals surface area contributed by atoms with Crippen LogP contribution in [0.2, 0.25) is 0 Å². The Balaban J connectivity index is 2.72. The van der Waals surface area contributed by atoms with Gasteiger partial charge in [-0.15, -0.1) is 0 Å². The Hall–Kier alpha value is -1.31. The zero-order chi connectivity index (χ0) is 14.6. The van der Waals surface area contributed by atoms with Crippen LogP contribution in [0, 0.1) is 5.92 Å². The minimum absolute atomic E-state index is 0.229. The molecule has 1 amide bonds. The van der Waals surface area contributed by atoms with Crippen molar-refractivity contribution in [2.75, 3.05) is 19.6 Å². The van der Waals surface area contributed by atoms with Gasteiger partial charge in [0.2, 0.25) is 5.91 Å². The molecule has 0 aromatic rings. The Labute approximate surface area is 108 Å². The molecule has 0 bridgehead atoms. The molecule has 0 saturated carbocycles. The van der Waals surface area contributed by atoms with E-state index in [1.165, 1.54) is 0 Å². The summed E-state index contributed by atoms with van der Waals surface area (Å²) in [7, 11) is 0. The third-order valence-corrected chi connectivity index (χ3v) is 2.97. The van der Waals surface area contributed by atoms with Crippen molar-refractivity contribution < 1.29 is 27.9 Å². The first-order chi connectivity index (χ1) is 8.69. The molecule has 1 aliphatic heterocycles. The van der Waals surface area contributed by atoms with Gasteiger partial charge in [0.1, 0.15) is 13.1 Å². The molecule has 0 spiro atoms. The molecular formula is C11H17F3N2O3. The summed E-state index contributed by atoms with van der Waals surface area (Å²) in [5, 5.41) is 11.4. The molecule has 5 nitrogen and oxygen atoms in total. The molecule has 8 heteroatoms. The molecule has 110 valence electrons. The van der Waals surface area contributed by atoms with Gasteiger partial charge in [0, 0.05) is 0 Å². The second-order valence-corrected chi connectivity index (χ2v) is 4.84. The molecule has 0 aromatic heterocycles. The van der Waals surface area contributed by atoms with Crippen LogP contribution in [-0.2, 0) is 9.59 Å². The molecule has 1 fully saturated rings. The number of carboxylic acids is 1. The van der Waals surface area contributed by atoms with Gasteiger partial charge in [-0.25, -0.2) is 0 Å². The summed E-state index contributed by atoms with van der Waals surface area (Å²) in [6.45, 7) is -0.0213. The molecule has 1 aliphatic rings. The molecule has 1 rings (SSSR count). The average molecular weight is 282 g/mol. The van der Waals surface area contributed by atoms with Crippen LogP contribution < -0.4 is 5.32 Å². The summed E-state index contributed by atoms with van der Waals surface area (Å²) in [4.78, 5) is 22.9. The lowest BCUT2D eigenvalue weighted by molar-refractivity contribution is -0.167. The van der Waals surface area contributed by atoms with Crippen LogP contribution in [0.1, 0.15) is 19.8 Å². The largest absolute Gasteiger partial charge is 0.480 e. The third kappa shape index (κ3) is 5.46. The first kappa shape index (κ1) is 15.7. The number of amides is 1. The fourth-order valence-corrected chi connectivity index (χ4v) is 2.11. The average Bonchev–Trinajstić information content (AvgIpc) is 2.24. The van der Waals surface area contributed by atoms with Crippen molar-refractivity contribution >= 4 is 11.9 Å². The summed E-state index contributed by atoms with van der Waals surface area (Å²) in [6.07, 6.45) is -3.33. The van der Waals surface area contributed by atoms with Gasteiger partial charge in [0.15, 0.2) is 0 Å². The lowest BCUT2D eigenvalue weighted by Gasteiger charge is -2.32. The third-order valence-electron chi connectivity index (χ3n) is 2.97. The molecule has 19 heavy (non-hydrogen) atoms. The molecule has 2 N–H and O–H groups in total. The molecule has 0 aromatic carbocycles. The van der Waals surface area contributed by atoms with Crippen LogP contribution in [0.4, 0.5) is 13.2 Å².